The number of thiophene rings is 1. The molecule has 0 unspecified atom stereocenters. The molecule has 0 radical (unpaired) electrons. The van der Waals surface area contributed by atoms with Gasteiger partial charge in [-0.05, 0) is 41.3 Å². The molecule has 4 aromatic rings. The monoisotopic (exact) mass is 350 g/mol. The van der Waals surface area contributed by atoms with Crippen LogP contribution in [0.25, 0.3) is 10.2 Å². The van der Waals surface area contributed by atoms with Crippen LogP contribution in [0.1, 0.15) is 16.1 Å². The maximum Gasteiger partial charge on any atom is 0.291 e. The van der Waals surface area contributed by atoms with Gasteiger partial charge in [-0.15, -0.1) is 11.3 Å². The molecule has 1 aromatic carbocycles. The van der Waals surface area contributed by atoms with Crippen molar-refractivity contribution in [3.05, 3.63) is 71.8 Å². The van der Waals surface area contributed by atoms with Gasteiger partial charge in [0.15, 0.2) is 5.76 Å². The van der Waals surface area contributed by atoms with Gasteiger partial charge in [-0.2, -0.15) is 0 Å². The molecule has 0 atom stereocenters. The van der Waals surface area contributed by atoms with E-state index < -0.39 is 0 Å². The van der Waals surface area contributed by atoms with Crippen LogP contribution in [-0.4, -0.2) is 15.9 Å². The highest BCUT2D eigenvalue weighted by molar-refractivity contribution is 7.16. The second-order valence-corrected chi connectivity index (χ2v) is 6.24. The number of carbonyl (C=O) groups excluding carboxylic acids is 1. The summed E-state index contributed by atoms with van der Waals surface area (Å²) in [6, 6.07) is 13.0. The Bertz CT molecular complexity index is 1010. The second-order valence-electron chi connectivity index (χ2n) is 5.35. The van der Waals surface area contributed by atoms with Crippen LogP contribution >= 0.6 is 11.3 Å². The molecule has 1 amide bonds. The number of amides is 1. The van der Waals surface area contributed by atoms with E-state index in [1.165, 1.54) is 6.26 Å². The Morgan fingerprint density at radius 3 is 3.00 bits per heavy atom. The van der Waals surface area contributed by atoms with Gasteiger partial charge in [-0.25, -0.2) is 9.97 Å². The zero-order valence-corrected chi connectivity index (χ0v) is 13.9. The van der Waals surface area contributed by atoms with Crippen LogP contribution in [0.4, 0.5) is 11.5 Å². The van der Waals surface area contributed by atoms with Crippen LogP contribution in [0.15, 0.2) is 64.9 Å². The third-order valence-corrected chi connectivity index (χ3v) is 4.47. The lowest BCUT2D eigenvalue weighted by molar-refractivity contribution is 0.0996. The molecule has 7 heteroatoms. The van der Waals surface area contributed by atoms with E-state index in [1.54, 1.807) is 29.8 Å². The van der Waals surface area contributed by atoms with Gasteiger partial charge in [-0.3, -0.25) is 4.79 Å². The minimum atomic E-state index is -0.272. The van der Waals surface area contributed by atoms with Crippen molar-refractivity contribution in [2.45, 2.75) is 6.54 Å². The van der Waals surface area contributed by atoms with Gasteiger partial charge in [0.25, 0.3) is 5.91 Å². The quantitative estimate of drug-likeness (QED) is 0.565. The lowest BCUT2D eigenvalue weighted by Crippen LogP contribution is -2.11. The summed E-state index contributed by atoms with van der Waals surface area (Å²) in [7, 11) is 0. The van der Waals surface area contributed by atoms with Crippen molar-refractivity contribution in [2.24, 2.45) is 0 Å². The maximum atomic E-state index is 12.0. The van der Waals surface area contributed by atoms with Crippen molar-refractivity contribution in [3.8, 4) is 0 Å². The highest BCUT2D eigenvalue weighted by Crippen LogP contribution is 2.24. The van der Waals surface area contributed by atoms with Gasteiger partial charge < -0.3 is 15.1 Å². The minimum Gasteiger partial charge on any atom is -0.459 e. The minimum absolute atomic E-state index is 0.272. The van der Waals surface area contributed by atoms with Crippen LogP contribution in [0.2, 0.25) is 0 Å². The summed E-state index contributed by atoms with van der Waals surface area (Å²) in [5.74, 6) is 0.812. The van der Waals surface area contributed by atoms with Gasteiger partial charge in [0.1, 0.15) is 17.0 Å². The highest BCUT2D eigenvalue weighted by Gasteiger charge is 2.09. The Balaban J connectivity index is 1.46. The summed E-state index contributed by atoms with van der Waals surface area (Å²) >= 11 is 1.58. The third-order valence-electron chi connectivity index (χ3n) is 3.65. The smallest absolute Gasteiger partial charge is 0.291 e. The Kier molecular flexibility index (Phi) is 4.14. The number of rotatable bonds is 5. The van der Waals surface area contributed by atoms with Crippen molar-refractivity contribution in [2.75, 3.05) is 10.6 Å². The lowest BCUT2D eigenvalue weighted by Gasteiger charge is -2.09. The predicted molar refractivity (Wildman–Crippen MR) is 97.8 cm³/mol. The number of carbonyl (C=O) groups is 1. The molecule has 0 aliphatic carbocycles. The van der Waals surface area contributed by atoms with E-state index in [-0.39, 0.29) is 11.7 Å². The fraction of sp³-hybridized carbons (Fsp3) is 0.0556. The van der Waals surface area contributed by atoms with Crippen LogP contribution in [0.5, 0.6) is 0 Å². The van der Waals surface area contributed by atoms with E-state index in [1.807, 2.05) is 35.7 Å². The molecule has 0 bridgehead atoms. The Morgan fingerprint density at radius 2 is 2.12 bits per heavy atom. The van der Waals surface area contributed by atoms with Gasteiger partial charge in [-0.1, -0.05) is 12.1 Å². The molecular formula is C18H14N4O2S. The predicted octanol–water partition coefficient (Wildman–Crippen LogP) is 4.15. The van der Waals surface area contributed by atoms with Crippen molar-refractivity contribution < 1.29 is 9.21 Å². The second kappa shape index (κ2) is 6.74. The van der Waals surface area contributed by atoms with Gasteiger partial charge in [0.2, 0.25) is 0 Å². The molecule has 3 heterocycles. The van der Waals surface area contributed by atoms with E-state index >= 15 is 0 Å². The first-order valence-electron chi connectivity index (χ1n) is 7.65. The molecule has 25 heavy (non-hydrogen) atoms. The Hall–Kier alpha value is -3.19. The largest absolute Gasteiger partial charge is 0.459 e. The number of fused-ring (bicyclic) bond motifs is 1. The zero-order valence-electron chi connectivity index (χ0n) is 13.1. The van der Waals surface area contributed by atoms with Gasteiger partial charge in [0.05, 0.1) is 11.6 Å². The SMILES string of the molecule is O=C(Nc1cccc(CNc2ncnc3sccc23)c1)c1ccco1. The van der Waals surface area contributed by atoms with Crippen molar-refractivity contribution in [1.82, 2.24) is 9.97 Å². The molecule has 0 spiro atoms. The average Bonchev–Trinajstić information content (AvgIpc) is 3.31. The number of anilines is 2. The Labute approximate surface area is 147 Å². The molecule has 124 valence electrons. The zero-order chi connectivity index (χ0) is 17.1. The highest BCUT2D eigenvalue weighted by atomic mass is 32.1. The number of aromatic nitrogens is 2. The molecule has 0 saturated carbocycles. The Morgan fingerprint density at radius 1 is 1.16 bits per heavy atom. The molecule has 4 rings (SSSR count). The number of hydrogen-bond acceptors (Lipinski definition) is 6. The third kappa shape index (κ3) is 3.36. The summed E-state index contributed by atoms with van der Waals surface area (Å²) in [4.78, 5) is 21.5. The van der Waals surface area contributed by atoms with E-state index in [2.05, 4.69) is 20.6 Å². The number of benzene rings is 1. The molecule has 0 aliphatic heterocycles. The topological polar surface area (TPSA) is 80.0 Å². The van der Waals surface area contributed by atoms with Crippen LogP contribution < -0.4 is 10.6 Å². The summed E-state index contributed by atoms with van der Waals surface area (Å²) in [5, 5.41) is 9.15. The molecule has 0 saturated heterocycles. The summed E-state index contributed by atoms with van der Waals surface area (Å²) in [6.07, 6.45) is 3.03. The normalized spacial score (nSPS) is 10.7. The number of nitrogens with one attached hydrogen (secondary N) is 2. The van der Waals surface area contributed by atoms with Crippen LogP contribution in [0.3, 0.4) is 0 Å². The molecule has 0 aliphatic rings. The van der Waals surface area contributed by atoms with Crippen LogP contribution in [-0.2, 0) is 6.54 Å². The van der Waals surface area contributed by atoms with E-state index in [9.17, 15) is 4.79 Å². The standard InChI is InChI=1S/C18H14N4O2S/c23-17(15-5-2-7-24-15)22-13-4-1-3-12(9-13)10-19-16-14-6-8-25-18(14)21-11-20-16/h1-9,11H,10H2,(H,22,23)(H,19,20,21). The van der Waals surface area contributed by atoms with Gasteiger partial charge in [0, 0.05) is 12.2 Å². The number of hydrogen-bond donors (Lipinski definition) is 2. The fourth-order valence-electron chi connectivity index (χ4n) is 2.48. The number of nitrogens with zero attached hydrogens (tertiary/aromatic N) is 2. The van der Waals surface area contributed by atoms with E-state index in [0.29, 0.717) is 12.2 Å². The first-order chi connectivity index (χ1) is 12.3. The van der Waals surface area contributed by atoms with Crippen molar-refractivity contribution >= 4 is 39.0 Å². The summed E-state index contributed by atoms with van der Waals surface area (Å²) < 4.78 is 5.10. The average molecular weight is 350 g/mol. The summed E-state index contributed by atoms with van der Waals surface area (Å²) in [6.45, 7) is 0.590. The van der Waals surface area contributed by atoms with Crippen molar-refractivity contribution in [3.63, 3.8) is 0 Å². The first-order valence-corrected chi connectivity index (χ1v) is 8.53. The fourth-order valence-corrected chi connectivity index (χ4v) is 3.21. The lowest BCUT2D eigenvalue weighted by atomic mass is 10.2. The molecule has 6 nitrogen and oxygen atoms in total. The summed E-state index contributed by atoms with van der Waals surface area (Å²) in [5.41, 5.74) is 1.74. The van der Waals surface area contributed by atoms with E-state index in [4.69, 9.17) is 4.42 Å². The van der Waals surface area contributed by atoms with Gasteiger partial charge >= 0.3 is 0 Å². The molecular weight excluding hydrogens is 336 g/mol. The molecule has 2 N–H and O–H groups in total. The molecule has 3 aromatic heterocycles. The number of furan rings is 1. The van der Waals surface area contributed by atoms with Crippen LogP contribution in [0, 0.1) is 0 Å². The maximum absolute atomic E-state index is 12.0. The molecule has 0 fully saturated rings. The van der Waals surface area contributed by atoms with Crippen molar-refractivity contribution in [1.29, 1.82) is 0 Å². The first kappa shape index (κ1) is 15.3. The van der Waals surface area contributed by atoms with E-state index in [0.717, 1.165) is 21.6 Å².